The van der Waals surface area contributed by atoms with Crippen molar-refractivity contribution >= 4 is 11.8 Å². The van der Waals surface area contributed by atoms with E-state index in [1.165, 1.54) is 0 Å². The highest BCUT2D eigenvalue weighted by molar-refractivity contribution is 7.99. The van der Waals surface area contributed by atoms with Crippen LogP contribution in [0.5, 0.6) is 0 Å². The normalized spacial score (nSPS) is 37.0. The fourth-order valence-corrected chi connectivity index (χ4v) is 2.74. The molecule has 0 aromatic rings. The summed E-state index contributed by atoms with van der Waals surface area (Å²) >= 11 is 1.80. The molecule has 0 spiro atoms. The van der Waals surface area contributed by atoms with Crippen LogP contribution in [-0.2, 0) is 4.74 Å². The van der Waals surface area contributed by atoms with Crippen molar-refractivity contribution < 1.29 is 9.84 Å². The van der Waals surface area contributed by atoms with Gasteiger partial charge in [0.05, 0.1) is 6.61 Å². The maximum atomic E-state index is 9.98. The minimum atomic E-state index is -0.624. The molecule has 1 fully saturated rings. The van der Waals surface area contributed by atoms with Gasteiger partial charge in [-0.2, -0.15) is 11.8 Å². The third kappa shape index (κ3) is 1.27. The van der Waals surface area contributed by atoms with Gasteiger partial charge in [-0.3, -0.25) is 0 Å². The van der Waals surface area contributed by atoms with Crippen LogP contribution < -0.4 is 0 Å². The van der Waals surface area contributed by atoms with Gasteiger partial charge >= 0.3 is 0 Å². The number of ether oxygens (including phenoxy) is 1. The lowest BCUT2D eigenvalue weighted by molar-refractivity contribution is 0.0411. The van der Waals surface area contributed by atoms with Gasteiger partial charge in [-0.05, 0) is 18.2 Å². The van der Waals surface area contributed by atoms with E-state index in [4.69, 9.17) is 4.74 Å². The molecule has 0 saturated carbocycles. The molecule has 2 aliphatic heterocycles. The van der Waals surface area contributed by atoms with Gasteiger partial charge in [-0.1, -0.05) is 0 Å². The van der Waals surface area contributed by atoms with Gasteiger partial charge in [-0.25, -0.2) is 0 Å². The average Bonchev–Trinajstić information content (AvgIpc) is 2.55. The second-order valence-electron chi connectivity index (χ2n) is 3.04. The maximum absolute atomic E-state index is 9.98. The average molecular weight is 172 g/mol. The highest BCUT2D eigenvalue weighted by Gasteiger charge is 2.38. The molecule has 1 N–H and O–H groups in total. The highest BCUT2D eigenvalue weighted by Crippen LogP contribution is 2.36. The molecule has 1 atom stereocenters. The van der Waals surface area contributed by atoms with E-state index >= 15 is 0 Å². The van der Waals surface area contributed by atoms with Gasteiger partial charge < -0.3 is 9.84 Å². The summed E-state index contributed by atoms with van der Waals surface area (Å²) in [6, 6.07) is 0. The van der Waals surface area contributed by atoms with E-state index in [9.17, 15) is 5.11 Å². The molecule has 0 aliphatic carbocycles. The van der Waals surface area contributed by atoms with Crippen LogP contribution in [0.25, 0.3) is 0 Å². The zero-order valence-electron chi connectivity index (χ0n) is 6.38. The molecule has 2 nitrogen and oxygen atoms in total. The van der Waals surface area contributed by atoms with Crippen LogP contribution >= 0.6 is 11.8 Å². The van der Waals surface area contributed by atoms with Gasteiger partial charge in [-0.15, -0.1) is 0 Å². The van der Waals surface area contributed by atoms with Gasteiger partial charge in [0.2, 0.25) is 0 Å². The summed E-state index contributed by atoms with van der Waals surface area (Å²) in [4.78, 5) is 0. The van der Waals surface area contributed by atoms with E-state index in [1.54, 1.807) is 11.8 Å². The first kappa shape index (κ1) is 7.50. The second-order valence-corrected chi connectivity index (χ2v) is 4.14. The lowest BCUT2D eigenvalue weighted by Crippen LogP contribution is -2.30. The largest absolute Gasteiger partial charge is 0.495 e. The monoisotopic (exact) mass is 172 g/mol. The van der Waals surface area contributed by atoms with E-state index < -0.39 is 5.60 Å². The molecule has 2 rings (SSSR count). The van der Waals surface area contributed by atoms with Crippen molar-refractivity contribution in [3.05, 3.63) is 11.8 Å². The lowest BCUT2D eigenvalue weighted by Gasteiger charge is -2.21. The Kier molecular flexibility index (Phi) is 1.85. The molecule has 0 radical (unpaired) electrons. The predicted molar refractivity (Wildman–Crippen MR) is 45.5 cm³/mol. The molecule has 2 aliphatic rings. The topological polar surface area (TPSA) is 29.5 Å². The minimum absolute atomic E-state index is 0.624. The number of hydrogen-bond acceptors (Lipinski definition) is 3. The van der Waals surface area contributed by atoms with Crippen molar-refractivity contribution in [1.82, 2.24) is 0 Å². The standard InChI is InChI=1S/C8H12O2S/c9-8(3-5-11-6-8)7-2-1-4-10-7/h2,9H,1,3-6H2. The zero-order chi connectivity index (χ0) is 7.73. The summed E-state index contributed by atoms with van der Waals surface area (Å²) in [5, 5.41) is 9.98. The molecule has 1 unspecified atom stereocenters. The van der Waals surface area contributed by atoms with Crippen LogP contribution in [0.1, 0.15) is 12.8 Å². The van der Waals surface area contributed by atoms with Crippen LogP contribution in [0.2, 0.25) is 0 Å². The zero-order valence-corrected chi connectivity index (χ0v) is 7.19. The fraction of sp³-hybridized carbons (Fsp3) is 0.750. The van der Waals surface area contributed by atoms with Crippen LogP contribution in [-0.4, -0.2) is 28.8 Å². The highest BCUT2D eigenvalue weighted by atomic mass is 32.2. The minimum Gasteiger partial charge on any atom is -0.495 e. The molecule has 1 saturated heterocycles. The number of aliphatic hydroxyl groups is 1. The molecule has 0 aromatic heterocycles. The van der Waals surface area contributed by atoms with E-state index in [0.29, 0.717) is 0 Å². The van der Waals surface area contributed by atoms with Crippen LogP contribution in [0.4, 0.5) is 0 Å². The predicted octanol–water partition coefficient (Wildman–Crippen LogP) is 1.16. The molecular formula is C8H12O2S. The van der Waals surface area contributed by atoms with E-state index in [1.807, 2.05) is 6.08 Å². The Labute approximate surface area is 70.6 Å². The summed E-state index contributed by atoms with van der Waals surface area (Å²) in [6.07, 6.45) is 3.83. The summed E-state index contributed by atoms with van der Waals surface area (Å²) < 4.78 is 5.34. The van der Waals surface area contributed by atoms with E-state index in [-0.39, 0.29) is 0 Å². The molecular weight excluding hydrogens is 160 g/mol. The summed E-state index contributed by atoms with van der Waals surface area (Å²) in [5.74, 6) is 2.68. The van der Waals surface area contributed by atoms with Crippen LogP contribution in [0.3, 0.4) is 0 Å². The molecule has 3 heteroatoms. The Bertz CT molecular complexity index is 183. The first-order chi connectivity index (χ1) is 5.31. The van der Waals surface area contributed by atoms with Crippen molar-refractivity contribution in [3.63, 3.8) is 0 Å². The van der Waals surface area contributed by atoms with Crippen molar-refractivity contribution in [2.75, 3.05) is 18.1 Å². The van der Waals surface area contributed by atoms with Gasteiger partial charge in [0.15, 0.2) is 0 Å². The quantitative estimate of drug-likeness (QED) is 0.643. The Morgan fingerprint density at radius 3 is 3.09 bits per heavy atom. The third-order valence-electron chi connectivity index (χ3n) is 2.16. The van der Waals surface area contributed by atoms with Crippen molar-refractivity contribution in [2.24, 2.45) is 0 Å². The molecule has 11 heavy (non-hydrogen) atoms. The summed E-state index contributed by atoms with van der Waals surface area (Å²) in [6.45, 7) is 0.752. The molecule has 0 amide bonds. The van der Waals surface area contributed by atoms with Gasteiger partial charge in [0.1, 0.15) is 11.4 Å². The molecule has 0 aromatic carbocycles. The Morgan fingerprint density at radius 2 is 2.55 bits per heavy atom. The third-order valence-corrected chi connectivity index (χ3v) is 3.34. The van der Waals surface area contributed by atoms with Crippen molar-refractivity contribution in [1.29, 1.82) is 0 Å². The molecule has 0 bridgehead atoms. The second kappa shape index (κ2) is 2.72. The smallest absolute Gasteiger partial charge is 0.131 e. The number of rotatable bonds is 1. The molecule has 62 valence electrons. The van der Waals surface area contributed by atoms with Gasteiger partial charge in [0.25, 0.3) is 0 Å². The van der Waals surface area contributed by atoms with Crippen LogP contribution in [0.15, 0.2) is 11.8 Å². The lowest BCUT2D eigenvalue weighted by atomic mass is 10.0. The summed E-state index contributed by atoms with van der Waals surface area (Å²) in [7, 11) is 0. The number of hydrogen-bond donors (Lipinski definition) is 1. The molecule has 2 heterocycles. The Balaban J connectivity index is 2.12. The first-order valence-electron chi connectivity index (χ1n) is 3.95. The van der Waals surface area contributed by atoms with E-state index in [2.05, 4.69) is 0 Å². The van der Waals surface area contributed by atoms with E-state index in [0.717, 1.165) is 36.7 Å². The van der Waals surface area contributed by atoms with Crippen molar-refractivity contribution in [2.45, 2.75) is 18.4 Å². The van der Waals surface area contributed by atoms with Crippen LogP contribution in [0, 0.1) is 0 Å². The fourth-order valence-electron chi connectivity index (χ4n) is 1.49. The Morgan fingerprint density at radius 1 is 1.64 bits per heavy atom. The first-order valence-corrected chi connectivity index (χ1v) is 5.10. The SMILES string of the molecule is OC1(C2=CCCO2)CCSC1. The maximum Gasteiger partial charge on any atom is 0.131 e. The van der Waals surface area contributed by atoms with Crippen molar-refractivity contribution in [3.8, 4) is 0 Å². The number of thioether (sulfide) groups is 1. The Hall–Kier alpha value is -0.150. The van der Waals surface area contributed by atoms with Gasteiger partial charge in [0, 0.05) is 12.2 Å². The summed E-state index contributed by atoms with van der Waals surface area (Å²) in [5.41, 5.74) is -0.624.